The minimum absolute atomic E-state index is 0.0334. The summed E-state index contributed by atoms with van der Waals surface area (Å²) in [5.41, 5.74) is 2.84. The Hall–Kier alpha value is -1.97. The van der Waals surface area contributed by atoms with Gasteiger partial charge in [-0.05, 0) is 81.3 Å². The van der Waals surface area contributed by atoms with Crippen molar-refractivity contribution in [3.8, 4) is 11.5 Å². The second kappa shape index (κ2) is 9.00. The van der Waals surface area contributed by atoms with Gasteiger partial charge in [0.05, 0.1) is 0 Å². The van der Waals surface area contributed by atoms with Gasteiger partial charge in [-0.25, -0.2) is 4.79 Å². The van der Waals surface area contributed by atoms with Crippen molar-refractivity contribution in [2.45, 2.75) is 111 Å². The van der Waals surface area contributed by atoms with Gasteiger partial charge in [0.2, 0.25) is 0 Å². The number of phenols is 2. The zero-order valence-corrected chi connectivity index (χ0v) is 21.2. The number of unbranched alkanes of at least 4 members (excludes halogenated alkanes) is 2. The lowest BCUT2D eigenvalue weighted by Crippen LogP contribution is -2.38. The smallest absolute Gasteiger partial charge is 0.342 e. The van der Waals surface area contributed by atoms with Crippen LogP contribution in [0.3, 0.4) is 0 Å². The van der Waals surface area contributed by atoms with E-state index in [0.29, 0.717) is 23.5 Å². The summed E-state index contributed by atoms with van der Waals surface area (Å²) in [5, 5.41) is 22.3. The minimum Gasteiger partial charge on any atom is -0.507 e. The Morgan fingerprint density at radius 2 is 1.94 bits per heavy atom. The van der Waals surface area contributed by atoms with E-state index in [0.717, 1.165) is 51.4 Å². The summed E-state index contributed by atoms with van der Waals surface area (Å²) in [6.07, 6.45) is 11.8. The largest absolute Gasteiger partial charge is 0.507 e. The number of hydrogen-bond donors (Lipinski definition) is 2. The van der Waals surface area contributed by atoms with E-state index < -0.39 is 5.97 Å². The van der Waals surface area contributed by atoms with Crippen LogP contribution in [0.2, 0.25) is 0 Å². The molecule has 0 aliphatic heterocycles. The van der Waals surface area contributed by atoms with Crippen LogP contribution in [0.5, 0.6) is 11.5 Å². The zero-order valence-electron chi connectivity index (χ0n) is 21.2. The van der Waals surface area contributed by atoms with Crippen molar-refractivity contribution in [2.24, 2.45) is 16.7 Å². The molecule has 4 atom stereocenters. The van der Waals surface area contributed by atoms with Gasteiger partial charge in [-0.2, -0.15) is 0 Å². The number of benzene rings is 1. The first-order chi connectivity index (χ1) is 15.6. The molecule has 4 heteroatoms. The molecular weight excluding hydrogens is 412 g/mol. The van der Waals surface area contributed by atoms with Gasteiger partial charge in [0.15, 0.2) is 0 Å². The Balaban J connectivity index is 1.69. The third-order valence-electron chi connectivity index (χ3n) is 9.56. The van der Waals surface area contributed by atoms with Gasteiger partial charge >= 0.3 is 5.97 Å². The van der Waals surface area contributed by atoms with Crippen molar-refractivity contribution in [1.82, 2.24) is 0 Å². The van der Waals surface area contributed by atoms with Crippen molar-refractivity contribution >= 4 is 5.97 Å². The number of fused-ring (bicyclic) bond motifs is 2. The number of allylic oxidation sites excluding steroid dienone is 2. The molecule has 3 unspecified atom stereocenters. The number of esters is 1. The van der Waals surface area contributed by atoms with Gasteiger partial charge in [-0.15, -0.1) is 0 Å². The highest BCUT2D eigenvalue weighted by atomic mass is 16.5. The van der Waals surface area contributed by atoms with E-state index >= 15 is 0 Å². The number of aromatic hydroxyl groups is 2. The van der Waals surface area contributed by atoms with Gasteiger partial charge in [0.25, 0.3) is 0 Å². The number of carbonyl (C=O) groups is 1. The van der Waals surface area contributed by atoms with Crippen LogP contribution in [0.4, 0.5) is 0 Å². The topological polar surface area (TPSA) is 66.8 Å². The summed E-state index contributed by atoms with van der Waals surface area (Å²) in [4.78, 5) is 13.6. The molecule has 4 rings (SSSR count). The lowest BCUT2D eigenvalue weighted by Gasteiger charge is -2.38. The summed E-state index contributed by atoms with van der Waals surface area (Å²) in [7, 11) is 0. The van der Waals surface area contributed by atoms with E-state index in [9.17, 15) is 15.0 Å². The lowest BCUT2D eigenvalue weighted by atomic mass is 9.70. The van der Waals surface area contributed by atoms with Crippen LogP contribution in [0.1, 0.15) is 120 Å². The van der Waals surface area contributed by atoms with Crippen molar-refractivity contribution in [2.75, 3.05) is 0 Å². The summed E-state index contributed by atoms with van der Waals surface area (Å²) in [6, 6.07) is 1.71. The number of ether oxygens (including phenoxy) is 1. The fraction of sp³-hybridized carbons (Fsp3) is 0.690. The molecule has 33 heavy (non-hydrogen) atoms. The normalized spacial score (nSPS) is 30.3. The van der Waals surface area contributed by atoms with E-state index in [1.165, 1.54) is 12.0 Å². The third-order valence-corrected chi connectivity index (χ3v) is 9.56. The van der Waals surface area contributed by atoms with Crippen molar-refractivity contribution in [3.05, 3.63) is 34.4 Å². The second-order valence-electron chi connectivity index (χ2n) is 11.7. The van der Waals surface area contributed by atoms with Crippen LogP contribution < -0.4 is 0 Å². The Morgan fingerprint density at radius 3 is 2.55 bits per heavy atom. The van der Waals surface area contributed by atoms with Crippen molar-refractivity contribution in [1.29, 1.82) is 0 Å². The Bertz CT molecular complexity index is 943. The average molecular weight is 455 g/mol. The number of aryl methyl sites for hydroxylation is 1. The van der Waals surface area contributed by atoms with Crippen LogP contribution in [0.15, 0.2) is 17.7 Å². The molecule has 3 aliphatic rings. The molecule has 4 nitrogen and oxygen atoms in total. The molecular formula is C29H42O4. The van der Waals surface area contributed by atoms with Gasteiger partial charge < -0.3 is 14.9 Å². The number of phenolic OH excluding ortho intramolecular Hbond substituents is 2. The first-order valence-corrected chi connectivity index (χ1v) is 13.1. The average Bonchev–Trinajstić information content (AvgIpc) is 3.07. The number of hydrogen-bond acceptors (Lipinski definition) is 4. The van der Waals surface area contributed by atoms with Crippen LogP contribution in [0.25, 0.3) is 0 Å². The molecule has 2 bridgehead atoms. The molecule has 2 saturated carbocycles. The fourth-order valence-corrected chi connectivity index (χ4v) is 6.91. The SMILES string of the molecule is CCCCCc1cc(O)c([C@@H]2C=C(C)CCC2)c(O)c1C(=O)OC1CC2CCC1(C)C2(C)C. The summed E-state index contributed by atoms with van der Waals surface area (Å²) in [6.45, 7) is 11.1. The predicted molar refractivity (Wildman–Crippen MR) is 132 cm³/mol. The van der Waals surface area contributed by atoms with Crippen LogP contribution in [-0.4, -0.2) is 22.3 Å². The monoisotopic (exact) mass is 454 g/mol. The van der Waals surface area contributed by atoms with E-state index in [1.807, 2.05) is 0 Å². The maximum atomic E-state index is 13.6. The second-order valence-corrected chi connectivity index (χ2v) is 11.7. The molecule has 1 aromatic carbocycles. The fourth-order valence-electron chi connectivity index (χ4n) is 6.91. The van der Waals surface area contributed by atoms with Crippen LogP contribution >= 0.6 is 0 Å². The molecule has 0 saturated heterocycles. The highest BCUT2D eigenvalue weighted by Gasteiger charge is 2.63. The van der Waals surface area contributed by atoms with Gasteiger partial charge in [-0.1, -0.05) is 52.2 Å². The Labute approximate surface area is 199 Å². The van der Waals surface area contributed by atoms with Gasteiger partial charge in [0, 0.05) is 16.9 Å². The van der Waals surface area contributed by atoms with Gasteiger partial charge in [0.1, 0.15) is 23.2 Å². The van der Waals surface area contributed by atoms with Crippen molar-refractivity contribution < 1.29 is 19.7 Å². The Kier molecular flexibility index (Phi) is 6.59. The molecule has 182 valence electrons. The zero-order chi connectivity index (χ0) is 24.0. The quantitative estimate of drug-likeness (QED) is 0.256. The van der Waals surface area contributed by atoms with E-state index in [2.05, 4.69) is 40.7 Å². The molecule has 0 radical (unpaired) electrons. The lowest BCUT2D eigenvalue weighted by molar-refractivity contribution is -0.0245. The first-order valence-electron chi connectivity index (χ1n) is 13.1. The van der Waals surface area contributed by atoms with E-state index in [4.69, 9.17) is 4.74 Å². The molecule has 0 amide bonds. The molecule has 0 spiro atoms. The highest BCUT2D eigenvalue weighted by molar-refractivity contribution is 5.95. The predicted octanol–water partition coefficient (Wildman–Crippen LogP) is 7.42. The molecule has 3 aliphatic carbocycles. The first kappa shape index (κ1) is 24.2. The van der Waals surface area contributed by atoms with Crippen LogP contribution in [0, 0.1) is 16.7 Å². The summed E-state index contributed by atoms with van der Waals surface area (Å²) < 4.78 is 6.21. The molecule has 2 fully saturated rings. The maximum Gasteiger partial charge on any atom is 0.342 e. The van der Waals surface area contributed by atoms with Gasteiger partial charge in [-0.3, -0.25) is 0 Å². The standard InChI is InChI=1S/C29H42O4/c1-6-7-8-11-20-16-22(30)24(19-12-9-10-18(2)15-19)26(31)25(20)27(32)33-23-17-21-13-14-29(23,5)28(21,3)4/h15-16,19,21,23,30-31H,6-14,17H2,1-5H3/t19-,21?,23?,29?/m0/s1. The van der Waals surface area contributed by atoms with Crippen molar-refractivity contribution in [3.63, 3.8) is 0 Å². The maximum absolute atomic E-state index is 13.6. The Morgan fingerprint density at radius 1 is 1.18 bits per heavy atom. The molecule has 0 heterocycles. The summed E-state index contributed by atoms with van der Waals surface area (Å²) in [5.74, 6) is 0.0958. The van der Waals surface area contributed by atoms with E-state index in [-0.39, 0.29) is 39.9 Å². The molecule has 1 aromatic rings. The number of carbonyl (C=O) groups excluding carboxylic acids is 1. The minimum atomic E-state index is -0.425. The molecule has 0 aromatic heterocycles. The third kappa shape index (κ3) is 4.08. The number of rotatable bonds is 7. The highest BCUT2D eigenvalue weighted by Crippen LogP contribution is 2.66. The van der Waals surface area contributed by atoms with Crippen LogP contribution in [-0.2, 0) is 11.2 Å². The van der Waals surface area contributed by atoms with E-state index in [1.54, 1.807) is 6.07 Å². The summed E-state index contributed by atoms with van der Waals surface area (Å²) >= 11 is 0. The molecule has 2 N–H and O–H groups in total.